The van der Waals surface area contributed by atoms with Gasteiger partial charge in [0.15, 0.2) is 0 Å². The Kier molecular flexibility index (Phi) is 15.1. The van der Waals surface area contributed by atoms with E-state index in [9.17, 15) is 4.79 Å². The average Bonchev–Trinajstić information content (AvgIpc) is 2.76. The molecule has 0 saturated carbocycles. The lowest BCUT2D eigenvalue weighted by molar-refractivity contribution is -0.130. The summed E-state index contributed by atoms with van der Waals surface area (Å²) in [7, 11) is 1.87. The summed E-state index contributed by atoms with van der Waals surface area (Å²) in [5.74, 6) is 1.06. The van der Waals surface area contributed by atoms with Crippen molar-refractivity contribution in [3.8, 4) is 5.75 Å². The van der Waals surface area contributed by atoms with Crippen molar-refractivity contribution in [3.63, 3.8) is 0 Å². The number of nitrogens with zero attached hydrogens (tertiary/aromatic N) is 1. The summed E-state index contributed by atoms with van der Waals surface area (Å²) >= 11 is 0. The van der Waals surface area contributed by atoms with Crippen LogP contribution < -0.4 is 16.2 Å². The molecule has 1 amide bonds. The standard InChI is InChI=1S/C26H47N3O2/c1-4-5-6-7-9-12-24(28)17-14-22(2)31-25-18-15-23(16-19-25)21-29(3)26(30)13-10-8-11-20-27/h15-16,18-19,22,24H,4-14,17,20-21,27-28H2,1-3H3. The highest BCUT2D eigenvalue weighted by molar-refractivity contribution is 5.75. The molecule has 0 saturated heterocycles. The predicted molar refractivity (Wildman–Crippen MR) is 131 cm³/mol. The molecule has 0 aromatic heterocycles. The number of benzene rings is 1. The lowest BCUT2D eigenvalue weighted by Gasteiger charge is -2.19. The van der Waals surface area contributed by atoms with Gasteiger partial charge in [0.05, 0.1) is 6.10 Å². The molecule has 1 aromatic carbocycles. The Morgan fingerprint density at radius 3 is 2.32 bits per heavy atom. The minimum absolute atomic E-state index is 0.148. The van der Waals surface area contributed by atoms with Gasteiger partial charge in [0.2, 0.25) is 5.91 Å². The van der Waals surface area contributed by atoms with Crippen LogP contribution in [0.5, 0.6) is 5.75 Å². The fourth-order valence-electron chi connectivity index (χ4n) is 3.72. The Labute approximate surface area is 190 Å². The zero-order valence-corrected chi connectivity index (χ0v) is 20.3. The molecule has 2 atom stereocenters. The van der Waals surface area contributed by atoms with Crippen LogP contribution in [0.15, 0.2) is 24.3 Å². The van der Waals surface area contributed by atoms with Crippen LogP contribution in [-0.2, 0) is 11.3 Å². The molecule has 5 heteroatoms. The molecule has 178 valence electrons. The second kappa shape index (κ2) is 17.0. The van der Waals surface area contributed by atoms with Gasteiger partial charge in [0.25, 0.3) is 0 Å². The highest BCUT2D eigenvalue weighted by atomic mass is 16.5. The van der Waals surface area contributed by atoms with E-state index in [4.69, 9.17) is 16.2 Å². The van der Waals surface area contributed by atoms with Crippen molar-refractivity contribution in [2.45, 2.75) is 110 Å². The molecule has 2 unspecified atom stereocenters. The van der Waals surface area contributed by atoms with Gasteiger partial charge in [-0.25, -0.2) is 0 Å². The van der Waals surface area contributed by atoms with E-state index in [1.807, 2.05) is 31.3 Å². The maximum Gasteiger partial charge on any atom is 0.222 e. The van der Waals surface area contributed by atoms with E-state index < -0.39 is 0 Å². The van der Waals surface area contributed by atoms with Crippen LogP contribution in [0.3, 0.4) is 0 Å². The summed E-state index contributed by atoms with van der Waals surface area (Å²) in [5.41, 5.74) is 12.9. The van der Waals surface area contributed by atoms with Gasteiger partial charge in [-0.15, -0.1) is 0 Å². The van der Waals surface area contributed by atoms with E-state index in [0.717, 1.165) is 49.8 Å². The van der Waals surface area contributed by atoms with Crippen molar-refractivity contribution < 1.29 is 9.53 Å². The number of amides is 1. The molecule has 31 heavy (non-hydrogen) atoms. The minimum Gasteiger partial charge on any atom is -0.491 e. The molecule has 0 aliphatic rings. The van der Waals surface area contributed by atoms with Gasteiger partial charge in [-0.3, -0.25) is 4.79 Å². The normalized spacial score (nSPS) is 13.1. The number of nitrogens with two attached hydrogens (primary N) is 2. The van der Waals surface area contributed by atoms with Crippen molar-refractivity contribution in [1.29, 1.82) is 0 Å². The largest absolute Gasteiger partial charge is 0.491 e. The Morgan fingerprint density at radius 1 is 0.968 bits per heavy atom. The third-order valence-electron chi connectivity index (χ3n) is 5.82. The van der Waals surface area contributed by atoms with Crippen molar-refractivity contribution in [2.24, 2.45) is 11.5 Å². The average molecular weight is 434 g/mol. The van der Waals surface area contributed by atoms with Gasteiger partial charge >= 0.3 is 0 Å². The second-order valence-electron chi connectivity index (χ2n) is 8.96. The van der Waals surface area contributed by atoms with Crippen LogP contribution in [0, 0.1) is 0 Å². The maximum absolute atomic E-state index is 12.2. The van der Waals surface area contributed by atoms with Gasteiger partial charge in [-0.2, -0.15) is 0 Å². The summed E-state index contributed by atoms with van der Waals surface area (Å²) in [6, 6.07) is 8.36. The lowest BCUT2D eigenvalue weighted by atomic mass is 10.0. The van der Waals surface area contributed by atoms with E-state index in [1.54, 1.807) is 4.90 Å². The highest BCUT2D eigenvalue weighted by Gasteiger charge is 2.11. The molecule has 0 bridgehead atoms. The van der Waals surface area contributed by atoms with Gasteiger partial charge < -0.3 is 21.1 Å². The summed E-state index contributed by atoms with van der Waals surface area (Å²) in [5, 5.41) is 0. The Morgan fingerprint density at radius 2 is 1.65 bits per heavy atom. The first kappa shape index (κ1) is 27.4. The van der Waals surface area contributed by atoms with Gasteiger partial charge in [-0.1, -0.05) is 57.6 Å². The molecule has 0 radical (unpaired) electrons. The van der Waals surface area contributed by atoms with Gasteiger partial charge in [-0.05, 0) is 63.3 Å². The number of hydrogen-bond acceptors (Lipinski definition) is 4. The van der Waals surface area contributed by atoms with Crippen LogP contribution >= 0.6 is 0 Å². The number of unbranched alkanes of at least 4 members (excludes halogenated alkanes) is 6. The van der Waals surface area contributed by atoms with Crippen LogP contribution in [0.4, 0.5) is 0 Å². The van der Waals surface area contributed by atoms with Crippen LogP contribution in [0.1, 0.15) is 96.5 Å². The van der Waals surface area contributed by atoms with Crippen molar-refractivity contribution in [2.75, 3.05) is 13.6 Å². The molecule has 1 aromatic rings. The zero-order valence-electron chi connectivity index (χ0n) is 20.3. The van der Waals surface area contributed by atoms with Crippen molar-refractivity contribution >= 4 is 5.91 Å². The van der Waals surface area contributed by atoms with E-state index in [0.29, 0.717) is 19.5 Å². The van der Waals surface area contributed by atoms with Crippen molar-refractivity contribution in [3.05, 3.63) is 29.8 Å². The summed E-state index contributed by atoms with van der Waals surface area (Å²) in [6.07, 6.45) is 13.2. The first-order valence-electron chi connectivity index (χ1n) is 12.4. The first-order chi connectivity index (χ1) is 15.0. The number of hydrogen-bond donors (Lipinski definition) is 2. The SMILES string of the molecule is CCCCCCCC(N)CCC(C)Oc1ccc(CN(C)C(=O)CCCCCN)cc1. The monoisotopic (exact) mass is 433 g/mol. The quantitative estimate of drug-likeness (QED) is 0.304. The molecule has 1 rings (SSSR count). The van der Waals surface area contributed by atoms with Crippen LogP contribution in [-0.4, -0.2) is 36.5 Å². The number of ether oxygens (including phenoxy) is 1. The highest BCUT2D eigenvalue weighted by Crippen LogP contribution is 2.18. The summed E-state index contributed by atoms with van der Waals surface area (Å²) in [6.45, 7) is 5.67. The molecular weight excluding hydrogens is 386 g/mol. The third kappa shape index (κ3) is 13.4. The molecular formula is C26H47N3O2. The molecule has 5 nitrogen and oxygen atoms in total. The molecule has 0 heterocycles. The Balaban J connectivity index is 2.27. The fourth-order valence-corrected chi connectivity index (χ4v) is 3.72. The van der Waals surface area contributed by atoms with Crippen molar-refractivity contribution in [1.82, 2.24) is 4.90 Å². The Bertz CT molecular complexity index is 577. The van der Waals surface area contributed by atoms with Gasteiger partial charge in [0, 0.05) is 26.1 Å². The zero-order chi connectivity index (χ0) is 22.9. The number of carbonyl (C=O) groups excluding carboxylic acids is 1. The molecule has 0 fully saturated rings. The summed E-state index contributed by atoms with van der Waals surface area (Å²) < 4.78 is 6.06. The molecule has 0 aliphatic heterocycles. The first-order valence-corrected chi connectivity index (χ1v) is 12.4. The van der Waals surface area contributed by atoms with Gasteiger partial charge in [0.1, 0.15) is 5.75 Å². The number of carbonyl (C=O) groups is 1. The summed E-state index contributed by atoms with van der Waals surface area (Å²) in [4.78, 5) is 14.0. The van der Waals surface area contributed by atoms with E-state index in [1.165, 1.54) is 32.1 Å². The molecule has 4 N–H and O–H groups in total. The Hall–Kier alpha value is -1.59. The van der Waals surface area contributed by atoms with E-state index in [-0.39, 0.29) is 18.1 Å². The second-order valence-corrected chi connectivity index (χ2v) is 8.96. The number of rotatable bonds is 18. The maximum atomic E-state index is 12.2. The predicted octanol–water partition coefficient (Wildman–Crippen LogP) is 5.40. The molecule has 0 spiro atoms. The fraction of sp³-hybridized carbons (Fsp3) is 0.731. The topological polar surface area (TPSA) is 81.6 Å². The third-order valence-corrected chi connectivity index (χ3v) is 5.82. The smallest absolute Gasteiger partial charge is 0.222 e. The minimum atomic E-state index is 0.148. The van der Waals surface area contributed by atoms with Crippen LogP contribution in [0.25, 0.3) is 0 Å². The van der Waals surface area contributed by atoms with E-state index in [2.05, 4.69) is 13.8 Å². The molecule has 0 aliphatic carbocycles. The van der Waals surface area contributed by atoms with Crippen LogP contribution in [0.2, 0.25) is 0 Å². The lowest BCUT2D eigenvalue weighted by Crippen LogP contribution is -2.25. The van der Waals surface area contributed by atoms with E-state index >= 15 is 0 Å².